The van der Waals surface area contributed by atoms with Crippen molar-refractivity contribution in [2.24, 2.45) is 5.73 Å². The fourth-order valence-corrected chi connectivity index (χ4v) is 5.10. The molecule has 0 aromatic heterocycles. The lowest BCUT2D eigenvalue weighted by Gasteiger charge is -2.40. The van der Waals surface area contributed by atoms with E-state index in [1.165, 1.54) is 6.42 Å². The average Bonchev–Trinajstić information content (AvgIpc) is 3.62. The van der Waals surface area contributed by atoms with Crippen molar-refractivity contribution >= 4 is 23.1 Å². The number of nitrogens with one attached hydrogen (secondary N) is 1. The first-order valence-corrected chi connectivity index (χ1v) is 11.9. The molecule has 3 N–H and O–H groups in total. The van der Waals surface area contributed by atoms with Gasteiger partial charge in [-0.2, -0.15) is 0 Å². The van der Waals surface area contributed by atoms with E-state index < -0.39 is 5.60 Å². The van der Waals surface area contributed by atoms with Crippen LogP contribution < -0.4 is 11.1 Å². The van der Waals surface area contributed by atoms with Gasteiger partial charge >= 0.3 is 0 Å². The molecule has 2 aromatic rings. The van der Waals surface area contributed by atoms with E-state index >= 15 is 0 Å². The number of hydrogen-bond acceptors (Lipinski definition) is 4. The number of rotatable bonds is 4. The van der Waals surface area contributed by atoms with Crippen molar-refractivity contribution in [2.45, 2.75) is 63.5 Å². The van der Waals surface area contributed by atoms with Gasteiger partial charge in [0, 0.05) is 27.8 Å². The molecule has 1 amide bonds. The molecule has 0 atom stereocenters. The van der Waals surface area contributed by atoms with Crippen LogP contribution in [0.2, 0.25) is 5.02 Å². The van der Waals surface area contributed by atoms with E-state index in [0.29, 0.717) is 23.2 Å². The molecule has 3 aliphatic rings. The summed E-state index contributed by atoms with van der Waals surface area (Å²) in [7, 11) is 0. The monoisotopic (exact) mass is 452 g/mol. The molecule has 168 valence electrons. The smallest absolute Gasteiger partial charge is 0.251 e. The number of carbonyl (C=O) groups excluding carboxylic acids is 1. The second-order valence-electron chi connectivity index (χ2n) is 9.26. The zero-order valence-corrected chi connectivity index (χ0v) is 19.1. The molecule has 2 saturated carbocycles. The van der Waals surface area contributed by atoms with Crippen LogP contribution >= 0.6 is 11.6 Å². The van der Waals surface area contributed by atoms with Gasteiger partial charge in [-0.1, -0.05) is 43.0 Å². The Morgan fingerprint density at radius 3 is 2.50 bits per heavy atom. The number of hydrogen-bond donors (Lipinski definition) is 2. The lowest BCUT2D eigenvalue weighted by molar-refractivity contribution is -0.356. The molecule has 0 bridgehead atoms. The van der Waals surface area contributed by atoms with Gasteiger partial charge in [-0.25, -0.2) is 9.78 Å². The summed E-state index contributed by atoms with van der Waals surface area (Å²) in [6.45, 7) is 2.38. The van der Waals surface area contributed by atoms with Crippen LogP contribution in [0.4, 0.5) is 0 Å². The molecule has 2 aromatic carbocycles. The Balaban J connectivity index is 1.44. The highest BCUT2D eigenvalue weighted by Crippen LogP contribution is 2.43. The first kappa shape index (κ1) is 21.5. The van der Waals surface area contributed by atoms with Crippen molar-refractivity contribution in [2.75, 3.05) is 6.61 Å². The molecular weight excluding hydrogens is 424 g/mol. The number of aryl methyl sites for hydroxylation is 1. The second-order valence-corrected chi connectivity index (χ2v) is 9.67. The average molecular weight is 453 g/mol. The molecule has 2 aliphatic carbocycles. The van der Waals surface area contributed by atoms with E-state index in [2.05, 4.69) is 18.3 Å². The molecule has 1 spiro atoms. The fourth-order valence-electron chi connectivity index (χ4n) is 4.82. The maximum absolute atomic E-state index is 12.3. The van der Waals surface area contributed by atoms with Crippen LogP contribution in [0.5, 0.6) is 0 Å². The second kappa shape index (κ2) is 8.54. The Labute approximate surface area is 193 Å². The minimum absolute atomic E-state index is 0.0183. The van der Waals surface area contributed by atoms with Crippen LogP contribution in [0, 0.1) is 6.92 Å². The third-order valence-electron chi connectivity index (χ3n) is 6.91. The van der Waals surface area contributed by atoms with E-state index in [0.717, 1.165) is 72.0 Å². The predicted molar refractivity (Wildman–Crippen MR) is 126 cm³/mol. The van der Waals surface area contributed by atoms with Crippen molar-refractivity contribution in [3.8, 4) is 11.1 Å². The Morgan fingerprint density at radius 1 is 1.09 bits per heavy atom. The van der Waals surface area contributed by atoms with Crippen LogP contribution in [0.15, 0.2) is 42.1 Å². The molecule has 1 aliphatic heterocycles. The third-order valence-corrected chi connectivity index (χ3v) is 7.22. The van der Waals surface area contributed by atoms with E-state index in [-0.39, 0.29) is 5.91 Å². The predicted octanol–water partition coefficient (Wildman–Crippen LogP) is 5.54. The molecule has 0 unspecified atom stereocenters. The van der Waals surface area contributed by atoms with Crippen molar-refractivity contribution in [3.05, 3.63) is 63.8 Å². The minimum Gasteiger partial charge on any atom is -0.399 e. The molecule has 2 fully saturated rings. The Morgan fingerprint density at radius 2 is 1.81 bits per heavy atom. The summed E-state index contributed by atoms with van der Waals surface area (Å²) in [5.74, 6) is -0.0183. The minimum atomic E-state index is -0.514. The van der Waals surface area contributed by atoms with Crippen molar-refractivity contribution in [1.82, 2.24) is 5.32 Å². The van der Waals surface area contributed by atoms with Crippen molar-refractivity contribution < 1.29 is 14.6 Å². The fraction of sp³-hybridized carbons (Fsp3) is 0.423. The van der Waals surface area contributed by atoms with Crippen LogP contribution in [0.25, 0.3) is 16.7 Å². The van der Waals surface area contributed by atoms with Crippen LogP contribution in [-0.2, 0) is 9.78 Å². The van der Waals surface area contributed by atoms with Crippen molar-refractivity contribution in [1.29, 1.82) is 0 Å². The van der Waals surface area contributed by atoms with Gasteiger partial charge in [0.25, 0.3) is 5.91 Å². The molecule has 6 heteroatoms. The van der Waals surface area contributed by atoms with Gasteiger partial charge in [0.2, 0.25) is 0 Å². The zero-order chi connectivity index (χ0) is 22.3. The van der Waals surface area contributed by atoms with Gasteiger partial charge in [-0.05, 0) is 73.6 Å². The third kappa shape index (κ3) is 4.05. The maximum atomic E-state index is 12.3. The summed E-state index contributed by atoms with van der Waals surface area (Å²) >= 11 is 6.74. The normalized spacial score (nSPS) is 20.4. The standard InChI is InChI=1S/C26H29ClN2O3/c1-16-13-21(17-5-7-18(8-6-17)25(30)29-19-9-10-19)23(27)14-20(16)22-15-31-32-26(24(22)28)11-3-2-4-12-26/h5-8,13-14,19H,2-4,9-12,15,28H2,1H3,(H,29,30). The number of benzene rings is 2. The number of halogens is 1. The Bertz CT molecular complexity index is 1070. The van der Waals surface area contributed by atoms with Gasteiger partial charge in [0.05, 0.1) is 5.70 Å². The maximum Gasteiger partial charge on any atom is 0.251 e. The summed E-state index contributed by atoms with van der Waals surface area (Å²) < 4.78 is 0. The van der Waals surface area contributed by atoms with E-state index in [4.69, 9.17) is 27.1 Å². The van der Waals surface area contributed by atoms with Gasteiger partial charge in [-0.15, -0.1) is 0 Å². The lowest BCUT2D eigenvalue weighted by atomic mass is 9.79. The summed E-state index contributed by atoms with van der Waals surface area (Å²) in [6.07, 6.45) is 7.29. The number of carbonyl (C=O) groups is 1. The van der Waals surface area contributed by atoms with Gasteiger partial charge in [0.15, 0.2) is 0 Å². The highest BCUT2D eigenvalue weighted by molar-refractivity contribution is 6.33. The summed E-state index contributed by atoms with van der Waals surface area (Å²) in [6, 6.07) is 12.0. The van der Waals surface area contributed by atoms with Crippen LogP contribution in [0.1, 0.15) is 66.4 Å². The quantitative estimate of drug-likeness (QED) is 0.597. The SMILES string of the molecule is Cc1cc(-c2ccc(C(=O)NC3CC3)cc2)c(Cl)cc1C1=C(N)C2(CCCCC2)OOC1. The first-order valence-electron chi connectivity index (χ1n) is 11.5. The molecule has 1 heterocycles. The summed E-state index contributed by atoms with van der Waals surface area (Å²) in [5.41, 5.74) is 12.6. The zero-order valence-electron chi connectivity index (χ0n) is 18.4. The molecule has 32 heavy (non-hydrogen) atoms. The number of nitrogens with two attached hydrogens (primary N) is 1. The Hall–Kier alpha value is -2.34. The number of amides is 1. The summed E-state index contributed by atoms with van der Waals surface area (Å²) in [5, 5.41) is 3.66. The largest absolute Gasteiger partial charge is 0.399 e. The molecule has 0 saturated heterocycles. The van der Waals surface area contributed by atoms with E-state index in [9.17, 15) is 4.79 Å². The van der Waals surface area contributed by atoms with Gasteiger partial charge in [0.1, 0.15) is 12.2 Å². The molecular formula is C26H29ClN2O3. The van der Waals surface area contributed by atoms with Crippen molar-refractivity contribution in [3.63, 3.8) is 0 Å². The van der Waals surface area contributed by atoms with Gasteiger partial charge in [-0.3, -0.25) is 4.79 Å². The molecule has 5 rings (SSSR count). The lowest BCUT2D eigenvalue weighted by Crippen LogP contribution is -2.44. The van der Waals surface area contributed by atoms with E-state index in [1.54, 1.807) is 0 Å². The highest BCUT2D eigenvalue weighted by atomic mass is 35.5. The molecule has 0 radical (unpaired) electrons. The molecule has 5 nitrogen and oxygen atoms in total. The highest BCUT2D eigenvalue weighted by Gasteiger charge is 2.42. The van der Waals surface area contributed by atoms with Gasteiger partial charge < -0.3 is 11.1 Å². The van der Waals surface area contributed by atoms with Crippen LogP contribution in [0.3, 0.4) is 0 Å². The first-order chi connectivity index (χ1) is 15.5. The topological polar surface area (TPSA) is 73.6 Å². The van der Waals surface area contributed by atoms with E-state index in [1.807, 2.05) is 30.3 Å². The van der Waals surface area contributed by atoms with Crippen LogP contribution in [-0.4, -0.2) is 24.2 Å². The summed E-state index contributed by atoms with van der Waals surface area (Å²) in [4.78, 5) is 23.6. The Kier molecular flexibility index (Phi) is 5.74.